The molecule has 2 aromatic carbocycles. The van der Waals surface area contributed by atoms with Crippen molar-refractivity contribution in [2.75, 3.05) is 20.4 Å². The average molecular weight is 373 g/mol. The van der Waals surface area contributed by atoms with E-state index in [0.29, 0.717) is 21.9 Å². The van der Waals surface area contributed by atoms with Crippen LogP contribution in [0.15, 0.2) is 59.3 Å². The van der Waals surface area contributed by atoms with Crippen molar-refractivity contribution in [3.8, 4) is 11.8 Å². The van der Waals surface area contributed by atoms with Crippen LogP contribution in [0.5, 0.6) is 5.75 Å². The van der Waals surface area contributed by atoms with E-state index in [0.717, 1.165) is 4.90 Å². The summed E-state index contributed by atoms with van der Waals surface area (Å²) >= 11 is 7.81. The molecule has 0 heterocycles. The molecule has 0 spiro atoms. The summed E-state index contributed by atoms with van der Waals surface area (Å²) in [6.07, 6.45) is 3.54. The average Bonchev–Trinajstić information content (AvgIpc) is 2.60. The van der Waals surface area contributed by atoms with E-state index in [-0.39, 0.29) is 11.5 Å². The van der Waals surface area contributed by atoms with Gasteiger partial charge in [-0.3, -0.25) is 4.79 Å². The smallest absolute Gasteiger partial charge is 0.231 e. The molecular formula is C19H17ClN2O2S. The van der Waals surface area contributed by atoms with Gasteiger partial charge in [0.25, 0.3) is 0 Å². The van der Waals surface area contributed by atoms with Crippen LogP contribution in [-0.4, -0.2) is 31.0 Å². The number of hydrogen-bond acceptors (Lipinski definition) is 5. The maximum atomic E-state index is 12.9. The topological polar surface area (TPSA) is 53.3 Å². The summed E-state index contributed by atoms with van der Waals surface area (Å²) in [5.41, 5.74) is 0.897. The number of carbonyl (C=O) groups excluding carboxylic acids is 1. The molecule has 0 radical (unpaired) electrons. The fraction of sp³-hybridized carbons (Fsp3) is 0.158. The first-order chi connectivity index (χ1) is 11.9. The second-order valence-corrected chi connectivity index (χ2v) is 6.66. The van der Waals surface area contributed by atoms with Gasteiger partial charge in [-0.2, -0.15) is 5.26 Å². The van der Waals surface area contributed by atoms with E-state index >= 15 is 0 Å². The maximum Gasteiger partial charge on any atom is 0.231 e. The van der Waals surface area contributed by atoms with Gasteiger partial charge in [0.05, 0.1) is 16.7 Å². The third kappa shape index (κ3) is 5.02. The SMILES string of the molecule is CSc1ccc(C(=O)/C(=C/N(C)C)Oc2ccc(C#N)cc2)c(Cl)c1. The van der Waals surface area contributed by atoms with Crippen LogP contribution in [0.3, 0.4) is 0 Å². The predicted molar refractivity (Wildman–Crippen MR) is 101 cm³/mol. The molecule has 0 saturated heterocycles. The number of nitrogens with zero attached hydrogens (tertiary/aromatic N) is 2. The molecule has 0 aliphatic carbocycles. The van der Waals surface area contributed by atoms with Gasteiger partial charge in [-0.05, 0) is 48.7 Å². The number of rotatable bonds is 6. The number of ether oxygens (including phenoxy) is 1. The molecule has 6 heteroatoms. The lowest BCUT2D eigenvalue weighted by molar-refractivity contribution is 0.0982. The van der Waals surface area contributed by atoms with Gasteiger partial charge in [-0.25, -0.2) is 0 Å². The third-order valence-corrected chi connectivity index (χ3v) is 4.27. The number of Topliss-reactive ketones (excluding diaryl/α,β-unsaturated/α-hetero) is 1. The quantitative estimate of drug-likeness (QED) is 0.321. The van der Waals surface area contributed by atoms with Crippen molar-refractivity contribution in [3.63, 3.8) is 0 Å². The largest absolute Gasteiger partial charge is 0.452 e. The molecule has 0 aliphatic heterocycles. The minimum atomic E-state index is -0.310. The highest BCUT2D eigenvalue weighted by Gasteiger charge is 2.19. The fourth-order valence-electron chi connectivity index (χ4n) is 2.03. The monoisotopic (exact) mass is 372 g/mol. The second-order valence-electron chi connectivity index (χ2n) is 5.37. The summed E-state index contributed by atoms with van der Waals surface area (Å²) < 4.78 is 5.75. The van der Waals surface area contributed by atoms with Crippen molar-refractivity contribution < 1.29 is 9.53 Å². The van der Waals surface area contributed by atoms with E-state index in [4.69, 9.17) is 21.6 Å². The van der Waals surface area contributed by atoms with Crippen LogP contribution in [0.2, 0.25) is 5.02 Å². The molecule has 4 nitrogen and oxygen atoms in total. The van der Waals surface area contributed by atoms with E-state index in [1.807, 2.05) is 18.4 Å². The van der Waals surface area contributed by atoms with Gasteiger partial charge in [0.1, 0.15) is 5.75 Å². The number of hydrogen-bond donors (Lipinski definition) is 0. The normalized spacial score (nSPS) is 10.9. The first kappa shape index (κ1) is 18.9. The van der Waals surface area contributed by atoms with Crippen LogP contribution in [0, 0.1) is 11.3 Å². The van der Waals surface area contributed by atoms with E-state index in [9.17, 15) is 4.79 Å². The molecule has 0 atom stereocenters. The van der Waals surface area contributed by atoms with Crippen molar-refractivity contribution in [3.05, 3.63) is 70.6 Å². The van der Waals surface area contributed by atoms with Crippen LogP contribution in [0.4, 0.5) is 0 Å². The molecule has 0 aliphatic rings. The molecule has 2 rings (SSSR count). The molecule has 128 valence electrons. The first-order valence-electron chi connectivity index (χ1n) is 7.39. The highest BCUT2D eigenvalue weighted by atomic mass is 35.5. The molecule has 0 bridgehead atoms. The fourth-order valence-corrected chi connectivity index (χ4v) is 2.80. The Bertz CT molecular complexity index is 839. The summed E-state index contributed by atoms with van der Waals surface area (Å²) in [4.78, 5) is 15.6. The van der Waals surface area contributed by atoms with Crippen LogP contribution in [0.25, 0.3) is 0 Å². The Hall–Kier alpha value is -2.42. The number of ketones is 1. The molecular weight excluding hydrogens is 356 g/mol. The van der Waals surface area contributed by atoms with Gasteiger partial charge >= 0.3 is 0 Å². The third-order valence-electron chi connectivity index (χ3n) is 3.23. The van der Waals surface area contributed by atoms with Crippen molar-refractivity contribution in [2.45, 2.75) is 4.90 Å². The Kier molecular flexibility index (Phi) is 6.51. The standard InChI is InChI=1S/C19H17ClN2O2S/c1-22(2)12-18(24-14-6-4-13(11-21)5-7-14)19(23)16-9-8-15(25-3)10-17(16)20/h4-10,12H,1-3H3/b18-12-. The number of nitriles is 1. The van der Waals surface area contributed by atoms with Crippen molar-refractivity contribution >= 4 is 29.1 Å². The number of carbonyl (C=O) groups is 1. The highest BCUT2D eigenvalue weighted by Crippen LogP contribution is 2.26. The summed E-state index contributed by atoms with van der Waals surface area (Å²) in [5, 5.41) is 9.24. The van der Waals surface area contributed by atoms with Crippen LogP contribution >= 0.6 is 23.4 Å². The molecule has 0 fully saturated rings. The molecule has 2 aromatic rings. The van der Waals surface area contributed by atoms with E-state index < -0.39 is 0 Å². The van der Waals surface area contributed by atoms with Crippen LogP contribution in [0.1, 0.15) is 15.9 Å². The van der Waals surface area contributed by atoms with E-state index in [1.165, 1.54) is 0 Å². The van der Waals surface area contributed by atoms with Gasteiger partial charge < -0.3 is 9.64 Å². The minimum absolute atomic E-state index is 0.147. The number of thioether (sulfide) groups is 1. The maximum absolute atomic E-state index is 12.9. The lowest BCUT2D eigenvalue weighted by Gasteiger charge is -2.14. The predicted octanol–water partition coefficient (Wildman–Crippen LogP) is 4.60. The molecule has 0 aromatic heterocycles. The first-order valence-corrected chi connectivity index (χ1v) is 8.99. The number of halogens is 1. The van der Waals surface area contributed by atoms with Gasteiger partial charge in [0.2, 0.25) is 5.78 Å². The highest BCUT2D eigenvalue weighted by molar-refractivity contribution is 7.98. The lowest BCUT2D eigenvalue weighted by Crippen LogP contribution is -2.15. The van der Waals surface area contributed by atoms with Gasteiger partial charge in [-0.15, -0.1) is 11.8 Å². The van der Waals surface area contributed by atoms with E-state index in [1.54, 1.807) is 73.4 Å². The van der Waals surface area contributed by atoms with Crippen molar-refractivity contribution in [2.24, 2.45) is 0 Å². The van der Waals surface area contributed by atoms with Gasteiger partial charge in [-0.1, -0.05) is 11.6 Å². The number of benzene rings is 2. The summed E-state index contributed by atoms with van der Waals surface area (Å²) in [6, 6.07) is 13.9. The van der Waals surface area contributed by atoms with Crippen molar-refractivity contribution in [1.82, 2.24) is 4.90 Å². The van der Waals surface area contributed by atoms with E-state index in [2.05, 4.69) is 0 Å². The lowest BCUT2D eigenvalue weighted by atomic mass is 10.1. The summed E-state index contributed by atoms with van der Waals surface area (Å²) in [6.45, 7) is 0. The van der Waals surface area contributed by atoms with Crippen molar-refractivity contribution in [1.29, 1.82) is 5.26 Å². The zero-order valence-corrected chi connectivity index (χ0v) is 15.7. The minimum Gasteiger partial charge on any atom is -0.452 e. The second kappa shape index (κ2) is 8.61. The molecule has 0 unspecified atom stereocenters. The molecule has 0 N–H and O–H groups in total. The number of allylic oxidation sites excluding steroid dienone is 1. The Balaban J connectivity index is 2.33. The van der Waals surface area contributed by atoms with Crippen LogP contribution in [-0.2, 0) is 0 Å². The Morgan fingerprint density at radius 2 is 1.92 bits per heavy atom. The molecule has 0 amide bonds. The Morgan fingerprint density at radius 1 is 1.24 bits per heavy atom. The van der Waals surface area contributed by atoms with Crippen LogP contribution < -0.4 is 4.74 Å². The Labute approximate surface area is 156 Å². The zero-order valence-electron chi connectivity index (χ0n) is 14.1. The molecule has 0 saturated carbocycles. The van der Waals surface area contributed by atoms with Gasteiger partial charge in [0.15, 0.2) is 5.76 Å². The zero-order chi connectivity index (χ0) is 18.4. The van der Waals surface area contributed by atoms with Gasteiger partial charge in [0, 0.05) is 30.8 Å². The summed E-state index contributed by atoms with van der Waals surface area (Å²) in [5.74, 6) is 0.307. The Morgan fingerprint density at radius 3 is 2.44 bits per heavy atom. The molecule has 25 heavy (non-hydrogen) atoms. The summed E-state index contributed by atoms with van der Waals surface area (Å²) in [7, 11) is 3.60.